The van der Waals surface area contributed by atoms with Crippen LogP contribution in [-0.4, -0.2) is 39.4 Å². The lowest BCUT2D eigenvalue weighted by Crippen LogP contribution is -2.02. The number of fused-ring (bicyclic) bond motifs is 1. The standard InChI is InChI=1S/C15H18N8S/c1-9(2)5-11-6-12(19-22(11)4)14-20-23-13(17-18-15(23)24-14)10-7-16-21(3)8-10/h6-9H,5H2,1-4H3. The van der Waals surface area contributed by atoms with E-state index < -0.39 is 0 Å². The fraction of sp³-hybridized carbons (Fsp3) is 0.400. The quantitative estimate of drug-likeness (QED) is 0.568. The van der Waals surface area contributed by atoms with E-state index in [1.54, 1.807) is 15.4 Å². The Morgan fingerprint density at radius 1 is 1.17 bits per heavy atom. The maximum absolute atomic E-state index is 4.66. The molecule has 9 heteroatoms. The van der Waals surface area contributed by atoms with Crippen LogP contribution in [0.1, 0.15) is 19.5 Å². The SMILES string of the molecule is CC(C)Cc1cc(-c2nn3c(-c4cnn(C)c4)nnc3s2)nn1C. The molecule has 0 radical (unpaired) electrons. The molecular formula is C15H18N8S. The van der Waals surface area contributed by atoms with Crippen LogP contribution in [0.25, 0.3) is 27.1 Å². The monoisotopic (exact) mass is 342 g/mol. The van der Waals surface area contributed by atoms with E-state index in [-0.39, 0.29) is 0 Å². The number of nitrogens with zero attached hydrogens (tertiary/aromatic N) is 8. The van der Waals surface area contributed by atoms with Crippen LogP contribution in [0.3, 0.4) is 0 Å². The van der Waals surface area contributed by atoms with Crippen LogP contribution in [-0.2, 0) is 20.5 Å². The Morgan fingerprint density at radius 2 is 2.00 bits per heavy atom. The first-order valence-corrected chi connectivity index (χ1v) is 8.57. The summed E-state index contributed by atoms with van der Waals surface area (Å²) in [6.07, 6.45) is 4.66. The van der Waals surface area contributed by atoms with Gasteiger partial charge < -0.3 is 0 Å². The Kier molecular flexibility index (Phi) is 3.45. The van der Waals surface area contributed by atoms with Gasteiger partial charge in [0.25, 0.3) is 0 Å². The summed E-state index contributed by atoms with van der Waals surface area (Å²) in [6.45, 7) is 4.41. The molecule has 0 saturated carbocycles. The van der Waals surface area contributed by atoms with Crippen molar-refractivity contribution >= 4 is 16.3 Å². The molecule has 0 amide bonds. The van der Waals surface area contributed by atoms with Crippen molar-refractivity contribution < 1.29 is 0 Å². The second kappa shape index (κ2) is 5.52. The molecule has 24 heavy (non-hydrogen) atoms. The van der Waals surface area contributed by atoms with E-state index in [1.165, 1.54) is 17.0 Å². The highest BCUT2D eigenvalue weighted by Gasteiger charge is 2.18. The highest BCUT2D eigenvalue weighted by Crippen LogP contribution is 2.28. The fourth-order valence-electron chi connectivity index (χ4n) is 2.66. The van der Waals surface area contributed by atoms with Crippen LogP contribution >= 0.6 is 11.3 Å². The van der Waals surface area contributed by atoms with Crippen molar-refractivity contribution in [3.05, 3.63) is 24.2 Å². The number of aromatic nitrogens is 8. The molecule has 0 N–H and O–H groups in total. The first-order chi connectivity index (χ1) is 11.5. The number of hydrogen-bond donors (Lipinski definition) is 0. The highest BCUT2D eigenvalue weighted by atomic mass is 32.1. The third kappa shape index (κ3) is 2.50. The third-order valence-corrected chi connectivity index (χ3v) is 4.69. The van der Waals surface area contributed by atoms with E-state index in [9.17, 15) is 0 Å². The molecule has 124 valence electrons. The molecule has 4 rings (SSSR count). The lowest BCUT2D eigenvalue weighted by Gasteiger charge is -2.03. The third-order valence-electron chi connectivity index (χ3n) is 3.77. The van der Waals surface area contributed by atoms with Gasteiger partial charge >= 0.3 is 0 Å². The molecule has 0 aliphatic heterocycles. The normalized spacial score (nSPS) is 11.9. The fourth-order valence-corrected chi connectivity index (χ4v) is 3.45. The van der Waals surface area contributed by atoms with E-state index in [0.29, 0.717) is 11.7 Å². The van der Waals surface area contributed by atoms with Gasteiger partial charge in [-0.2, -0.15) is 19.8 Å². The highest BCUT2D eigenvalue weighted by molar-refractivity contribution is 7.19. The molecule has 8 nitrogen and oxygen atoms in total. The Morgan fingerprint density at radius 3 is 2.71 bits per heavy atom. The van der Waals surface area contributed by atoms with Crippen molar-refractivity contribution in [3.8, 4) is 22.1 Å². The second-order valence-electron chi connectivity index (χ2n) is 6.27. The van der Waals surface area contributed by atoms with E-state index >= 15 is 0 Å². The van der Waals surface area contributed by atoms with Gasteiger partial charge in [0.05, 0.1) is 11.8 Å². The van der Waals surface area contributed by atoms with Crippen LogP contribution in [0.5, 0.6) is 0 Å². The van der Waals surface area contributed by atoms with Crippen LogP contribution in [0.4, 0.5) is 0 Å². The Balaban J connectivity index is 1.75. The summed E-state index contributed by atoms with van der Waals surface area (Å²) in [5.41, 5.74) is 2.97. The lowest BCUT2D eigenvalue weighted by molar-refractivity contribution is 0.596. The van der Waals surface area contributed by atoms with Crippen molar-refractivity contribution in [2.24, 2.45) is 20.0 Å². The van der Waals surface area contributed by atoms with Crippen molar-refractivity contribution in [1.29, 1.82) is 0 Å². The minimum Gasteiger partial charge on any atom is -0.275 e. The van der Waals surface area contributed by atoms with Gasteiger partial charge in [0.2, 0.25) is 4.96 Å². The molecule has 0 spiro atoms. The van der Waals surface area contributed by atoms with Crippen molar-refractivity contribution in [3.63, 3.8) is 0 Å². The average molecular weight is 342 g/mol. The Hall–Kier alpha value is -2.55. The molecule has 4 aromatic rings. The van der Waals surface area contributed by atoms with Crippen LogP contribution in [0.15, 0.2) is 18.5 Å². The smallest absolute Gasteiger partial charge is 0.235 e. The summed E-state index contributed by atoms with van der Waals surface area (Å²) < 4.78 is 5.42. The topological polar surface area (TPSA) is 78.7 Å². The molecular weight excluding hydrogens is 324 g/mol. The molecule has 0 fully saturated rings. The van der Waals surface area contributed by atoms with Gasteiger partial charge in [-0.05, 0) is 18.4 Å². The van der Waals surface area contributed by atoms with E-state index in [0.717, 1.165) is 27.6 Å². The summed E-state index contributed by atoms with van der Waals surface area (Å²) in [5.74, 6) is 1.28. The lowest BCUT2D eigenvalue weighted by atomic mass is 10.1. The van der Waals surface area contributed by atoms with Gasteiger partial charge in [-0.1, -0.05) is 25.2 Å². The zero-order chi connectivity index (χ0) is 16.8. The molecule has 0 atom stereocenters. The maximum Gasteiger partial charge on any atom is 0.235 e. The van der Waals surface area contributed by atoms with Crippen LogP contribution in [0.2, 0.25) is 0 Å². The molecule has 4 heterocycles. The predicted molar refractivity (Wildman–Crippen MR) is 91.6 cm³/mol. The number of hydrogen-bond acceptors (Lipinski definition) is 6. The first kappa shape index (κ1) is 15.0. The van der Waals surface area contributed by atoms with E-state index in [4.69, 9.17) is 0 Å². The van der Waals surface area contributed by atoms with Gasteiger partial charge in [-0.25, -0.2) is 0 Å². The summed E-state index contributed by atoms with van der Waals surface area (Å²) in [4.78, 5) is 0.750. The predicted octanol–water partition coefficient (Wildman–Crippen LogP) is 2.19. The molecule has 0 bridgehead atoms. The molecule has 0 aliphatic carbocycles. The number of aryl methyl sites for hydroxylation is 2. The Labute approximate surface area is 142 Å². The minimum atomic E-state index is 0.586. The molecule has 0 saturated heterocycles. The van der Waals surface area contributed by atoms with Crippen LogP contribution in [0, 0.1) is 5.92 Å². The van der Waals surface area contributed by atoms with Gasteiger partial charge in [-0.15, -0.1) is 10.2 Å². The summed E-state index contributed by atoms with van der Waals surface area (Å²) in [6, 6.07) is 2.11. The second-order valence-corrected chi connectivity index (χ2v) is 7.23. The molecule has 0 aromatic carbocycles. The van der Waals surface area contributed by atoms with Gasteiger partial charge in [0.1, 0.15) is 5.69 Å². The zero-order valence-corrected chi connectivity index (χ0v) is 14.8. The van der Waals surface area contributed by atoms with Crippen molar-refractivity contribution in [2.45, 2.75) is 20.3 Å². The van der Waals surface area contributed by atoms with Gasteiger partial charge in [0, 0.05) is 26.0 Å². The van der Waals surface area contributed by atoms with E-state index in [2.05, 4.69) is 45.4 Å². The molecule has 4 aromatic heterocycles. The largest absolute Gasteiger partial charge is 0.275 e. The zero-order valence-electron chi connectivity index (χ0n) is 14.0. The average Bonchev–Trinajstić information content (AvgIpc) is 3.23. The Bertz CT molecular complexity index is 1000. The first-order valence-electron chi connectivity index (χ1n) is 7.76. The maximum atomic E-state index is 4.66. The molecule has 0 aliphatic rings. The minimum absolute atomic E-state index is 0.586. The summed E-state index contributed by atoms with van der Waals surface area (Å²) >= 11 is 1.49. The number of rotatable bonds is 4. The van der Waals surface area contributed by atoms with Crippen LogP contribution < -0.4 is 0 Å². The van der Waals surface area contributed by atoms with Gasteiger partial charge in [0.15, 0.2) is 10.8 Å². The summed E-state index contributed by atoms with van der Waals surface area (Å²) in [7, 11) is 3.85. The van der Waals surface area contributed by atoms with Gasteiger partial charge in [-0.3, -0.25) is 9.36 Å². The van der Waals surface area contributed by atoms with Crippen molar-refractivity contribution in [2.75, 3.05) is 0 Å². The van der Waals surface area contributed by atoms with E-state index in [1.807, 2.05) is 25.0 Å². The summed E-state index contributed by atoms with van der Waals surface area (Å²) in [5, 5.41) is 22.7. The van der Waals surface area contributed by atoms with Crippen molar-refractivity contribution in [1.82, 2.24) is 39.4 Å². The molecule has 0 unspecified atom stereocenters.